The third-order valence-electron chi connectivity index (χ3n) is 3.09. The van der Waals surface area contributed by atoms with Crippen molar-refractivity contribution in [3.63, 3.8) is 0 Å². The standard InChI is InChI=1S/C15H12F2N2O2S3/c1-2-22-15-18-13-6-3-9(7-14(13)23-15)19-24(20,21)10-4-5-11(16)12(17)8-10/h3-8,19H,2H2,1H3. The van der Waals surface area contributed by atoms with E-state index in [-0.39, 0.29) is 4.90 Å². The molecule has 24 heavy (non-hydrogen) atoms. The molecule has 1 N–H and O–H groups in total. The van der Waals surface area contributed by atoms with Gasteiger partial charge >= 0.3 is 0 Å². The van der Waals surface area contributed by atoms with E-state index in [9.17, 15) is 17.2 Å². The number of nitrogens with one attached hydrogen (secondary N) is 1. The fourth-order valence-electron chi connectivity index (χ4n) is 2.01. The largest absolute Gasteiger partial charge is 0.280 e. The Morgan fingerprint density at radius 3 is 2.67 bits per heavy atom. The fraction of sp³-hybridized carbons (Fsp3) is 0.133. The molecule has 0 aliphatic heterocycles. The lowest BCUT2D eigenvalue weighted by Gasteiger charge is -2.08. The van der Waals surface area contributed by atoms with E-state index < -0.39 is 21.7 Å². The van der Waals surface area contributed by atoms with Crippen molar-refractivity contribution < 1.29 is 17.2 Å². The van der Waals surface area contributed by atoms with E-state index >= 15 is 0 Å². The number of hydrogen-bond acceptors (Lipinski definition) is 5. The highest BCUT2D eigenvalue weighted by atomic mass is 32.2. The molecule has 0 fully saturated rings. The number of nitrogens with zero attached hydrogens (tertiary/aromatic N) is 1. The lowest BCUT2D eigenvalue weighted by molar-refractivity contribution is 0.504. The van der Waals surface area contributed by atoms with Crippen LogP contribution in [0.25, 0.3) is 10.2 Å². The Hall–Kier alpha value is -1.71. The summed E-state index contributed by atoms with van der Waals surface area (Å²) in [6, 6.07) is 7.42. The van der Waals surface area contributed by atoms with Crippen LogP contribution in [0.4, 0.5) is 14.5 Å². The van der Waals surface area contributed by atoms with Crippen LogP contribution in [0.1, 0.15) is 6.92 Å². The molecular weight excluding hydrogens is 374 g/mol. The zero-order valence-electron chi connectivity index (χ0n) is 12.4. The van der Waals surface area contributed by atoms with Gasteiger partial charge in [-0.2, -0.15) is 0 Å². The van der Waals surface area contributed by atoms with Crippen molar-refractivity contribution in [1.82, 2.24) is 4.98 Å². The monoisotopic (exact) mass is 386 g/mol. The molecule has 1 aromatic heterocycles. The average molecular weight is 386 g/mol. The summed E-state index contributed by atoms with van der Waals surface area (Å²) in [6.07, 6.45) is 0. The number of halogens is 2. The first-order chi connectivity index (χ1) is 11.4. The number of aromatic nitrogens is 1. The minimum absolute atomic E-state index is 0.337. The molecule has 3 aromatic rings. The van der Waals surface area contributed by atoms with E-state index in [1.54, 1.807) is 30.0 Å². The van der Waals surface area contributed by atoms with Crippen molar-refractivity contribution in [2.75, 3.05) is 10.5 Å². The van der Waals surface area contributed by atoms with Crippen molar-refractivity contribution in [3.8, 4) is 0 Å². The maximum atomic E-state index is 13.3. The van der Waals surface area contributed by atoms with Gasteiger partial charge in [-0.25, -0.2) is 22.2 Å². The van der Waals surface area contributed by atoms with Crippen LogP contribution in [0, 0.1) is 11.6 Å². The predicted molar refractivity (Wildman–Crippen MR) is 93.2 cm³/mol. The normalized spacial score (nSPS) is 11.8. The summed E-state index contributed by atoms with van der Waals surface area (Å²) >= 11 is 3.08. The van der Waals surface area contributed by atoms with Crippen LogP contribution >= 0.6 is 23.1 Å². The van der Waals surface area contributed by atoms with Crippen LogP contribution in [0.5, 0.6) is 0 Å². The molecule has 2 aromatic carbocycles. The SMILES string of the molecule is CCSc1nc2ccc(NS(=O)(=O)c3ccc(F)c(F)c3)cc2s1. The van der Waals surface area contributed by atoms with Gasteiger partial charge in [-0.3, -0.25) is 4.72 Å². The van der Waals surface area contributed by atoms with Crippen LogP contribution in [0.15, 0.2) is 45.6 Å². The molecule has 1 heterocycles. The summed E-state index contributed by atoms with van der Waals surface area (Å²) in [5.41, 5.74) is 1.12. The van der Waals surface area contributed by atoms with Crippen molar-refractivity contribution >= 4 is 49.0 Å². The summed E-state index contributed by atoms with van der Waals surface area (Å²) in [5.74, 6) is -1.41. The van der Waals surface area contributed by atoms with Gasteiger partial charge in [0.05, 0.1) is 20.8 Å². The molecule has 0 bridgehead atoms. The minimum atomic E-state index is -4.00. The van der Waals surface area contributed by atoms with Gasteiger partial charge in [-0.15, -0.1) is 11.3 Å². The lowest BCUT2D eigenvalue weighted by atomic mass is 10.3. The molecule has 0 amide bonds. The second-order valence-electron chi connectivity index (χ2n) is 4.78. The molecule has 126 valence electrons. The molecule has 0 spiro atoms. The smallest absolute Gasteiger partial charge is 0.261 e. The Labute approximate surface area is 146 Å². The van der Waals surface area contributed by atoms with E-state index in [1.165, 1.54) is 11.3 Å². The number of anilines is 1. The third kappa shape index (κ3) is 3.52. The van der Waals surface area contributed by atoms with Gasteiger partial charge in [-0.05, 0) is 42.2 Å². The number of thioether (sulfide) groups is 1. The van der Waals surface area contributed by atoms with Crippen LogP contribution in [-0.2, 0) is 10.0 Å². The quantitative estimate of drug-likeness (QED) is 0.657. The van der Waals surface area contributed by atoms with Crippen molar-refractivity contribution in [3.05, 3.63) is 48.0 Å². The molecule has 0 radical (unpaired) electrons. The first-order valence-corrected chi connectivity index (χ1v) is 10.2. The number of thiazole rings is 1. The van der Waals surface area contributed by atoms with Gasteiger partial charge < -0.3 is 0 Å². The van der Waals surface area contributed by atoms with Gasteiger partial charge in [0.2, 0.25) is 0 Å². The number of benzene rings is 2. The highest BCUT2D eigenvalue weighted by Crippen LogP contribution is 2.31. The highest BCUT2D eigenvalue weighted by Gasteiger charge is 2.17. The molecule has 3 rings (SSSR count). The minimum Gasteiger partial charge on any atom is -0.280 e. The van der Waals surface area contributed by atoms with Gasteiger partial charge in [0.15, 0.2) is 16.0 Å². The van der Waals surface area contributed by atoms with Gasteiger partial charge in [0.1, 0.15) is 0 Å². The van der Waals surface area contributed by atoms with Crippen molar-refractivity contribution in [2.45, 2.75) is 16.2 Å². The predicted octanol–water partition coefficient (Wildman–Crippen LogP) is 4.49. The molecule has 9 heteroatoms. The molecule has 0 saturated carbocycles. The Morgan fingerprint density at radius 2 is 1.96 bits per heavy atom. The highest BCUT2D eigenvalue weighted by molar-refractivity contribution is 8.01. The maximum Gasteiger partial charge on any atom is 0.261 e. The average Bonchev–Trinajstić information content (AvgIpc) is 2.91. The maximum absolute atomic E-state index is 13.3. The number of sulfonamides is 1. The molecule has 0 saturated heterocycles. The lowest BCUT2D eigenvalue weighted by Crippen LogP contribution is -2.13. The Balaban J connectivity index is 1.91. The molecule has 0 aliphatic rings. The zero-order chi connectivity index (χ0) is 17.3. The van der Waals surface area contributed by atoms with E-state index in [4.69, 9.17) is 0 Å². The van der Waals surface area contributed by atoms with E-state index in [0.29, 0.717) is 11.8 Å². The Kier molecular flexibility index (Phi) is 4.75. The summed E-state index contributed by atoms with van der Waals surface area (Å²) < 4.78 is 54.9. The fourth-order valence-corrected chi connectivity index (χ4v) is 5.08. The van der Waals surface area contributed by atoms with Crippen molar-refractivity contribution in [1.29, 1.82) is 0 Å². The van der Waals surface area contributed by atoms with E-state index in [0.717, 1.165) is 32.4 Å². The molecule has 4 nitrogen and oxygen atoms in total. The number of fused-ring (bicyclic) bond motifs is 1. The first kappa shape index (κ1) is 17.1. The molecular formula is C15H12F2N2O2S3. The first-order valence-electron chi connectivity index (χ1n) is 6.90. The Morgan fingerprint density at radius 1 is 1.17 bits per heavy atom. The summed E-state index contributed by atoms with van der Waals surface area (Å²) in [7, 11) is -4.00. The molecule has 0 atom stereocenters. The second kappa shape index (κ2) is 6.66. The van der Waals surface area contributed by atoms with Crippen LogP contribution in [-0.4, -0.2) is 19.2 Å². The van der Waals surface area contributed by atoms with Gasteiger partial charge in [0, 0.05) is 0 Å². The molecule has 0 unspecified atom stereocenters. The van der Waals surface area contributed by atoms with Gasteiger partial charge in [-0.1, -0.05) is 18.7 Å². The topological polar surface area (TPSA) is 59.1 Å². The zero-order valence-corrected chi connectivity index (χ0v) is 14.9. The van der Waals surface area contributed by atoms with Crippen LogP contribution in [0.2, 0.25) is 0 Å². The summed E-state index contributed by atoms with van der Waals surface area (Å²) in [6.45, 7) is 2.03. The summed E-state index contributed by atoms with van der Waals surface area (Å²) in [4.78, 5) is 4.09. The van der Waals surface area contributed by atoms with Crippen molar-refractivity contribution in [2.24, 2.45) is 0 Å². The van der Waals surface area contributed by atoms with Crippen LogP contribution < -0.4 is 4.72 Å². The van der Waals surface area contributed by atoms with Crippen LogP contribution in [0.3, 0.4) is 0 Å². The summed E-state index contributed by atoms with van der Waals surface area (Å²) in [5, 5.41) is 0. The van der Waals surface area contributed by atoms with E-state index in [2.05, 4.69) is 9.71 Å². The molecule has 0 aliphatic carbocycles. The van der Waals surface area contributed by atoms with Gasteiger partial charge in [0.25, 0.3) is 10.0 Å². The Bertz CT molecular complexity index is 1000. The number of hydrogen-bond donors (Lipinski definition) is 1. The second-order valence-corrected chi connectivity index (χ2v) is 9.00. The number of rotatable bonds is 5. The van der Waals surface area contributed by atoms with E-state index in [1.807, 2.05) is 6.92 Å². The third-order valence-corrected chi connectivity index (χ3v) is 6.51.